The SMILES string of the molecule is Cc1ccc(OCCCN(C)C)c(C=Cc2cccc(Cl)c2Cl)n1.Cl. The van der Waals surface area contributed by atoms with Crippen molar-refractivity contribution in [1.82, 2.24) is 9.88 Å². The van der Waals surface area contributed by atoms with Crippen molar-refractivity contribution in [2.45, 2.75) is 13.3 Å². The maximum Gasteiger partial charge on any atom is 0.144 e. The van der Waals surface area contributed by atoms with Gasteiger partial charge in [-0.3, -0.25) is 0 Å². The third-order valence-corrected chi connectivity index (χ3v) is 4.27. The van der Waals surface area contributed by atoms with Crippen LogP contribution in [0, 0.1) is 6.92 Å². The molecule has 0 fully saturated rings. The van der Waals surface area contributed by atoms with Gasteiger partial charge >= 0.3 is 0 Å². The summed E-state index contributed by atoms with van der Waals surface area (Å²) in [7, 11) is 4.10. The number of rotatable bonds is 7. The first-order chi connectivity index (χ1) is 11.5. The Kier molecular flexibility index (Phi) is 9.30. The first-order valence-electron chi connectivity index (χ1n) is 7.84. The Bertz CT molecular complexity index is 718. The van der Waals surface area contributed by atoms with Crippen LogP contribution in [0.15, 0.2) is 30.3 Å². The van der Waals surface area contributed by atoms with Gasteiger partial charge < -0.3 is 9.64 Å². The van der Waals surface area contributed by atoms with E-state index >= 15 is 0 Å². The minimum atomic E-state index is 0. The molecular weight excluding hydrogens is 379 g/mol. The molecule has 0 saturated heterocycles. The van der Waals surface area contributed by atoms with Gasteiger partial charge in [-0.25, -0.2) is 4.98 Å². The highest BCUT2D eigenvalue weighted by Gasteiger charge is 2.05. The number of pyridine rings is 1. The number of aryl methyl sites for hydroxylation is 1. The number of benzene rings is 1. The second-order valence-corrected chi connectivity index (χ2v) is 6.60. The van der Waals surface area contributed by atoms with Gasteiger partial charge in [0.1, 0.15) is 11.4 Å². The number of hydrogen-bond acceptors (Lipinski definition) is 3. The zero-order chi connectivity index (χ0) is 17.5. The standard InChI is InChI=1S/C19H22Cl2N2O.ClH/c1-14-8-11-18(24-13-5-12-23(2)3)17(22-14)10-9-15-6-4-7-16(20)19(15)21;/h4,6-11H,5,12-13H2,1-3H3;1H. The minimum absolute atomic E-state index is 0. The van der Waals surface area contributed by atoms with E-state index in [1.165, 1.54) is 0 Å². The molecule has 0 aliphatic heterocycles. The van der Waals surface area contributed by atoms with E-state index in [4.69, 9.17) is 27.9 Å². The van der Waals surface area contributed by atoms with Crippen LogP contribution < -0.4 is 4.74 Å². The predicted molar refractivity (Wildman–Crippen MR) is 110 cm³/mol. The maximum absolute atomic E-state index is 6.22. The summed E-state index contributed by atoms with van der Waals surface area (Å²) in [6, 6.07) is 9.46. The minimum Gasteiger partial charge on any atom is -0.491 e. The van der Waals surface area contributed by atoms with Crippen LogP contribution in [0.5, 0.6) is 5.75 Å². The van der Waals surface area contributed by atoms with Crippen molar-refractivity contribution < 1.29 is 4.74 Å². The molecule has 0 radical (unpaired) electrons. The van der Waals surface area contributed by atoms with Crippen molar-refractivity contribution in [3.63, 3.8) is 0 Å². The highest BCUT2D eigenvalue weighted by molar-refractivity contribution is 6.42. The predicted octanol–water partition coefficient (Wildman–Crippen LogP) is 5.62. The Morgan fingerprint density at radius 3 is 2.60 bits per heavy atom. The summed E-state index contributed by atoms with van der Waals surface area (Å²) >= 11 is 12.3. The van der Waals surface area contributed by atoms with E-state index < -0.39 is 0 Å². The molecule has 2 aromatic rings. The Morgan fingerprint density at radius 1 is 1.12 bits per heavy atom. The number of ether oxygens (including phenoxy) is 1. The molecule has 0 amide bonds. The summed E-state index contributed by atoms with van der Waals surface area (Å²) in [5.41, 5.74) is 2.58. The molecule has 1 aromatic heterocycles. The van der Waals surface area contributed by atoms with Crippen molar-refractivity contribution in [1.29, 1.82) is 0 Å². The first-order valence-corrected chi connectivity index (χ1v) is 8.60. The summed E-state index contributed by atoms with van der Waals surface area (Å²) < 4.78 is 5.89. The Balaban J connectivity index is 0.00000312. The molecule has 0 aliphatic rings. The fourth-order valence-corrected chi connectivity index (χ4v) is 2.56. The molecule has 0 saturated carbocycles. The van der Waals surface area contributed by atoms with Crippen LogP contribution in [0.3, 0.4) is 0 Å². The van der Waals surface area contributed by atoms with Crippen molar-refractivity contribution >= 4 is 47.8 Å². The summed E-state index contributed by atoms with van der Waals surface area (Å²) in [4.78, 5) is 6.69. The van der Waals surface area contributed by atoms with Gasteiger partial charge in [-0.2, -0.15) is 0 Å². The van der Waals surface area contributed by atoms with E-state index in [0.29, 0.717) is 16.7 Å². The van der Waals surface area contributed by atoms with Crippen molar-refractivity contribution in [3.8, 4) is 5.75 Å². The number of halogens is 3. The average Bonchev–Trinajstić information content (AvgIpc) is 2.54. The largest absolute Gasteiger partial charge is 0.491 e. The van der Waals surface area contributed by atoms with Crippen LogP contribution in [-0.4, -0.2) is 37.1 Å². The molecule has 0 bridgehead atoms. The molecule has 136 valence electrons. The smallest absolute Gasteiger partial charge is 0.144 e. The molecule has 0 unspecified atom stereocenters. The maximum atomic E-state index is 6.22. The van der Waals surface area contributed by atoms with Crippen LogP contribution in [0.4, 0.5) is 0 Å². The highest BCUT2D eigenvalue weighted by atomic mass is 35.5. The fourth-order valence-electron chi connectivity index (χ4n) is 2.19. The van der Waals surface area contributed by atoms with Gasteiger partial charge in [-0.15, -0.1) is 12.4 Å². The summed E-state index contributed by atoms with van der Waals surface area (Å²) in [6.07, 6.45) is 4.78. The van der Waals surface area contributed by atoms with Gasteiger partial charge in [0, 0.05) is 12.2 Å². The number of hydrogen-bond donors (Lipinski definition) is 0. The molecule has 6 heteroatoms. The highest BCUT2D eigenvalue weighted by Crippen LogP contribution is 2.28. The molecule has 3 nitrogen and oxygen atoms in total. The van der Waals surface area contributed by atoms with Crippen molar-refractivity contribution in [2.24, 2.45) is 0 Å². The molecule has 0 aliphatic carbocycles. The Labute approximate surface area is 166 Å². The third-order valence-electron chi connectivity index (χ3n) is 3.43. The second-order valence-electron chi connectivity index (χ2n) is 5.82. The molecule has 0 atom stereocenters. The lowest BCUT2D eigenvalue weighted by atomic mass is 10.2. The van der Waals surface area contributed by atoms with Crippen LogP contribution >= 0.6 is 35.6 Å². The van der Waals surface area contributed by atoms with Gasteiger partial charge in [0.25, 0.3) is 0 Å². The summed E-state index contributed by atoms with van der Waals surface area (Å²) in [5, 5.41) is 1.08. The van der Waals surface area contributed by atoms with Crippen molar-refractivity contribution in [3.05, 3.63) is 57.3 Å². The van der Waals surface area contributed by atoms with E-state index in [-0.39, 0.29) is 12.4 Å². The van der Waals surface area contributed by atoms with Gasteiger partial charge in [0.2, 0.25) is 0 Å². The lowest BCUT2D eigenvalue weighted by Crippen LogP contribution is -2.15. The van der Waals surface area contributed by atoms with Gasteiger partial charge in [-0.1, -0.05) is 41.4 Å². The van der Waals surface area contributed by atoms with Crippen LogP contribution in [0.25, 0.3) is 12.2 Å². The topological polar surface area (TPSA) is 25.4 Å². The van der Waals surface area contributed by atoms with Gasteiger partial charge in [0.05, 0.1) is 16.7 Å². The lowest BCUT2D eigenvalue weighted by molar-refractivity contribution is 0.280. The molecule has 0 spiro atoms. The lowest BCUT2D eigenvalue weighted by Gasteiger charge is -2.12. The van der Waals surface area contributed by atoms with Gasteiger partial charge in [-0.05, 0) is 57.3 Å². The monoisotopic (exact) mass is 400 g/mol. The van der Waals surface area contributed by atoms with E-state index in [9.17, 15) is 0 Å². The zero-order valence-electron chi connectivity index (χ0n) is 14.6. The van der Waals surface area contributed by atoms with E-state index in [1.807, 2.05) is 43.3 Å². The van der Waals surface area contributed by atoms with Gasteiger partial charge in [0.15, 0.2) is 0 Å². The molecule has 0 N–H and O–H groups in total. The first kappa shape index (κ1) is 21.8. The number of nitrogens with zero attached hydrogens (tertiary/aromatic N) is 2. The van der Waals surface area contributed by atoms with E-state index in [2.05, 4.69) is 24.0 Å². The summed E-state index contributed by atoms with van der Waals surface area (Å²) in [5.74, 6) is 0.772. The van der Waals surface area contributed by atoms with E-state index in [0.717, 1.165) is 35.7 Å². The second kappa shape index (κ2) is 10.7. The van der Waals surface area contributed by atoms with Crippen LogP contribution in [0.1, 0.15) is 23.4 Å². The number of aromatic nitrogens is 1. The average molecular weight is 402 g/mol. The molecule has 1 aromatic carbocycles. The van der Waals surface area contributed by atoms with E-state index in [1.54, 1.807) is 6.07 Å². The molecule has 1 heterocycles. The normalized spacial score (nSPS) is 11.0. The molecular formula is C19H23Cl3N2O. The quantitative estimate of drug-likeness (QED) is 0.563. The molecule has 2 rings (SSSR count). The fraction of sp³-hybridized carbons (Fsp3) is 0.316. The molecule has 25 heavy (non-hydrogen) atoms. The van der Waals surface area contributed by atoms with Crippen LogP contribution in [-0.2, 0) is 0 Å². The third kappa shape index (κ3) is 6.87. The van der Waals surface area contributed by atoms with Crippen molar-refractivity contribution in [2.75, 3.05) is 27.2 Å². The summed E-state index contributed by atoms with van der Waals surface area (Å²) in [6.45, 7) is 3.60. The van der Waals surface area contributed by atoms with Crippen LogP contribution in [0.2, 0.25) is 10.0 Å². The Hall–Kier alpha value is -1.26. The Morgan fingerprint density at radius 2 is 1.88 bits per heavy atom. The zero-order valence-corrected chi connectivity index (χ0v) is 17.0.